The number of allylic oxidation sites excluding steroid dienone is 10. The zero-order valence-corrected chi connectivity index (χ0v) is 23.4. The second-order valence-corrected chi connectivity index (χ2v) is 9.61. The first-order valence-electron chi connectivity index (χ1n) is 13.9. The number of amides is 2. The molecule has 206 valence electrons. The molecule has 2 rings (SSSR count). The summed E-state index contributed by atoms with van der Waals surface area (Å²) in [4.78, 5) is 43.8. The van der Waals surface area contributed by atoms with Crippen molar-refractivity contribution in [3.05, 3.63) is 89.4 Å². The van der Waals surface area contributed by atoms with Gasteiger partial charge >= 0.3 is 11.6 Å². The highest BCUT2D eigenvalue weighted by molar-refractivity contribution is 5.90. The van der Waals surface area contributed by atoms with Crippen molar-refractivity contribution in [3.63, 3.8) is 0 Å². The zero-order chi connectivity index (χ0) is 27.6. The predicted molar refractivity (Wildman–Crippen MR) is 154 cm³/mol. The van der Waals surface area contributed by atoms with Crippen molar-refractivity contribution in [1.29, 1.82) is 0 Å². The third-order valence-electron chi connectivity index (χ3n) is 6.51. The van der Waals surface area contributed by atoms with Crippen LogP contribution in [0.25, 0.3) is 0 Å². The maximum Gasteiger partial charge on any atom is 0.342 e. The number of likely N-dealkylation sites (N-methyl/N-ethyl adjacent to an activating group) is 1. The van der Waals surface area contributed by atoms with Gasteiger partial charge in [0.05, 0.1) is 22.4 Å². The molecule has 1 fully saturated rings. The van der Waals surface area contributed by atoms with Gasteiger partial charge in [-0.3, -0.25) is 9.59 Å². The number of hydrogen-bond donors (Lipinski definition) is 1. The van der Waals surface area contributed by atoms with Crippen LogP contribution in [0.15, 0.2) is 73.2 Å². The Morgan fingerprint density at radius 3 is 2.16 bits per heavy atom. The molecule has 0 aromatic carbocycles. The summed E-state index contributed by atoms with van der Waals surface area (Å²) >= 11 is 0. The number of nitrogens with one attached hydrogen (secondary N) is 1. The lowest BCUT2D eigenvalue weighted by molar-refractivity contribution is -0.499. The molecule has 1 atom stereocenters. The largest absolute Gasteiger partial charge is 0.354 e. The smallest absolute Gasteiger partial charge is 0.342 e. The van der Waals surface area contributed by atoms with E-state index in [1.54, 1.807) is 18.9 Å². The number of aromatic nitrogens is 2. The van der Waals surface area contributed by atoms with Crippen LogP contribution in [-0.2, 0) is 4.79 Å². The normalized spacial score (nSPS) is 16.3. The maximum atomic E-state index is 12.7. The third kappa shape index (κ3) is 11.3. The van der Waals surface area contributed by atoms with Gasteiger partial charge in [-0.2, -0.15) is 0 Å². The molecule has 0 radical (unpaired) electrons. The second-order valence-electron chi connectivity index (χ2n) is 9.61. The Morgan fingerprint density at radius 2 is 1.58 bits per heavy atom. The standard InChI is InChI=1S/C31H44N4O3/c1-4-5-6-7-8-9-10-11-12-13-14-15-16-17-18-19-20-21-30(36)34-23-22-28(26-34)33(3)31(37)29-24-32-27(2)25-35(29)38/h5-6,8-9,11-12,14-15,17-18,24-25,28H,4,7,10,13,16,19-23,26H2,1-3H3/p+1/b6-5-,9-8-,12-11-,15-14-,18-17-/t28-/m0/s1. The van der Waals surface area contributed by atoms with Gasteiger partial charge in [0.15, 0.2) is 0 Å². The monoisotopic (exact) mass is 521 g/mol. The van der Waals surface area contributed by atoms with E-state index in [9.17, 15) is 14.5 Å². The number of hydrogen-bond acceptors (Lipinski definition) is 3. The highest BCUT2D eigenvalue weighted by Gasteiger charge is 2.34. The van der Waals surface area contributed by atoms with E-state index in [1.165, 1.54) is 12.4 Å². The summed E-state index contributed by atoms with van der Waals surface area (Å²) in [5, 5.41) is 0. The van der Waals surface area contributed by atoms with Crippen molar-refractivity contribution in [2.75, 3.05) is 20.1 Å². The van der Waals surface area contributed by atoms with Crippen LogP contribution < -0.4 is 4.43 Å². The summed E-state index contributed by atoms with van der Waals surface area (Å²) in [6.07, 6.45) is 32.4. The second kappa shape index (κ2) is 17.9. The number of rotatable bonds is 15. The maximum absolute atomic E-state index is 12.7. The molecule has 2 heterocycles. The van der Waals surface area contributed by atoms with Gasteiger partial charge in [0.1, 0.15) is 0 Å². The molecule has 7 heteroatoms. The van der Waals surface area contributed by atoms with Crippen molar-refractivity contribution in [3.8, 4) is 0 Å². The van der Waals surface area contributed by atoms with E-state index >= 15 is 0 Å². The average molecular weight is 522 g/mol. The van der Waals surface area contributed by atoms with E-state index < -0.39 is 0 Å². The van der Waals surface area contributed by atoms with Gasteiger partial charge < -0.3 is 14.8 Å². The zero-order valence-electron chi connectivity index (χ0n) is 23.4. The first-order valence-corrected chi connectivity index (χ1v) is 13.9. The molecule has 2 amide bonds. The Balaban J connectivity index is 1.58. The molecule has 7 nitrogen and oxygen atoms in total. The summed E-state index contributed by atoms with van der Waals surface area (Å²) < 4.78 is 0.594. The third-order valence-corrected chi connectivity index (χ3v) is 6.51. The van der Waals surface area contributed by atoms with Crippen LogP contribution >= 0.6 is 0 Å². The molecule has 1 saturated heterocycles. The van der Waals surface area contributed by atoms with Gasteiger partial charge in [-0.1, -0.05) is 67.7 Å². The Labute approximate surface area is 227 Å². The molecule has 0 unspecified atom stereocenters. The molecule has 1 aliphatic rings. The lowest BCUT2D eigenvalue weighted by Gasteiger charge is -2.23. The number of nitrogens with zero attached hydrogens (tertiary/aromatic N) is 3. The van der Waals surface area contributed by atoms with E-state index in [0.29, 0.717) is 29.6 Å². The number of H-pyrrole nitrogens is 1. The first-order chi connectivity index (χ1) is 18.4. The van der Waals surface area contributed by atoms with Crippen molar-refractivity contribution in [2.45, 2.75) is 77.7 Å². The van der Waals surface area contributed by atoms with E-state index in [0.717, 1.165) is 51.4 Å². The average Bonchev–Trinajstić information content (AvgIpc) is 3.40. The van der Waals surface area contributed by atoms with Crippen molar-refractivity contribution >= 4 is 11.8 Å². The predicted octanol–water partition coefficient (Wildman–Crippen LogP) is 5.83. The Bertz CT molecular complexity index is 1080. The molecule has 0 bridgehead atoms. The lowest BCUT2D eigenvalue weighted by atomic mass is 10.2. The quantitative estimate of drug-likeness (QED) is 0.179. The van der Waals surface area contributed by atoms with Crippen LogP contribution in [0.4, 0.5) is 0 Å². The fourth-order valence-electron chi connectivity index (χ4n) is 4.21. The van der Waals surface area contributed by atoms with Crippen LogP contribution in [-0.4, -0.2) is 52.8 Å². The number of carbonyl (C=O) groups excluding carboxylic acids is 2. The van der Waals surface area contributed by atoms with Crippen LogP contribution in [0.2, 0.25) is 0 Å². The van der Waals surface area contributed by atoms with Gasteiger partial charge in [0, 0.05) is 31.5 Å². The van der Waals surface area contributed by atoms with Crippen LogP contribution in [0, 0.1) is 11.8 Å². The number of likely N-dealkylation sites (tertiary alicyclic amines) is 1. The minimum atomic E-state index is -0.339. The summed E-state index contributed by atoms with van der Waals surface area (Å²) in [6.45, 7) is 5.05. The van der Waals surface area contributed by atoms with Gasteiger partial charge in [-0.25, -0.2) is 0 Å². The van der Waals surface area contributed by atoms with E-state index in [4.69, 9.17) is 0 Å². The number of carbonyl (C=O) groups is 2. The Kier molecular flexibility index (Phi) is 14.5. The molecule has 1 aromatic rings. The first kappa shape index (κ1) is 30.7. The summed E-state index contributed by atoms with van der Waals surface area (Å²) in [6, 6.07) is -0.0845. The minimum Gasteiger partial charge on any atom is -0.354 e. The molecular weight excluding hydrogens is 476 g/mol. The van der Waals surface area contributed by atoms with E-state index in [2.05, 4.69) is 72.7 Å². The van der Waals surface area contributed by atoms with Crippen molar-refractivity contribution in [2.24, 2.45) is 0 Å². The van der Waals surface area contributed by atoms with Gasteiger partial charge in [-0.15, -0.1) is 0 Å². The molecular formula is C31H45N4O3+. The number of unbranched alkanes of at least 4 members (excludes halogenated alkanes) is 1. The Morgan fingerprint density at radius 1 is 1.00 bits per heavy atom. The fourth-order valence-corrected chi connectivity index (χ4v) is 4.21. The minimum absolute atomic E-state index is 0.0555. The topological polar surface area (TPSA) is 79.4 Å². The van der Waals surface area contributed by atoms with Gasteiger partial charge in [0.25, 0.3) is 0 Å². The van der Waals surface area contributed by atoms with Crippen molar-refractivity contribution in [1.82, 2.24) is 14.8 Å². The molecule has 1 aromatic heterocycles. The summed E-state index contributed by atoms with van der Waals surface area (Å²) in [5.41, 5.74) is 0.737. The van der Waals surface area contributed by atoms with E-state index in [1.807, 2.05) is 4.90 Å². The number of aryl methyl sites for hydroxylation is 1. The van der Waals surface area contributed by atoms with Gasteiger partial charge in [-0.05, 0) is 58.3 Å². The highest BCUT2D eigenvalue weighted by Crippen LogP contribution is 2.17. The highest BCUT2D eigenvalue weighted by atomic mass is 16.3. The van der Waals surface area contributed by atoms with Crippen LogP contribution in [0.5, 0.6) is 0 Å². The number of aromatic amines is 1. The van der Waals surface area contributed by atoms with Crippen LogP contribution in [0.3, 0.4) is 0 Å². The SMILES string of the molecule is CC/C=C\C/C=C\C/C=C\C/C=C\C/C=C\CCCC(=O)N1CC[C@H](N(C)C(=O)c2c[nH]c(C)c[n+]2=O)C1. The molecule has 0 aliphatic carbocycles. The molecule has 1 N–H and O–H groups in total. The van der Waals surface area contributed by atoms with Crippen LogP contribution in [0.1, 0.15) is 80.9 Å². The lowest BCUT2D eigenvalue weighted by Crippen LogP contribution is -2.43. The van der Waals surface area contributed by atoms with E-state index in [-0.39, 0.29) is 23.6 Å². The summed E-state index contributed by atoms with van der Waals surface area (Å²) in [5.74, 6) is -0.211. The van der Waals surface area contributed by atoms with Gasteiger partial charge in [0.2, 0.25) is 12.1 Å². The Hall–Kier alpha value is -3.48. The fraction of sp³-hybridized carbons (Fsp3) is 0.484. The van der Waals surface area contributed by atoms with Crippen molar-refractivity contribution < 1.29 is 14.0 Å². The molecule has 1 aliphatic heterocycles. The molecule has 38 heavy (non-hydrogen) atoms. The molecule has 0 spiro atoms. The molecule has 0 saturated carbocycles. The summed E-state index contributed by atoms with van der Waals surface area (Å²) in [7, 11) is 1.70.